The first-order chi connectivity index (χ1) is 3.93. The number of rotatable bonds is 1. The third kappa shape index (κ3) is 1.20. The van der Waals surface area contributed by atoms with E-state index in [0.717, 1.165) is 5.03 Å². The van der Waals surface area contributed by atoms with Crippen LogP contribution in [-0.4, -0.2) is 16.2 Å². The Morgan fingerprint density at radius 3 is 3.00 bits per heavy atom. The maximum atomic E-state index is 3.94. The van der Waals surface area contributed by atoms with Crippen molar-refractivity contribution in [1.29, 1.82) is 0 Å². The first kappa shape index (κ1) is 5.56. The molecule has 0 aliphatic carbocycles. The van der Waals surface area contributed by atoms with Gasteiger partial charge in [-0.15, -0.1) is 11.8 Å². The molecule has 0 N–H and O–H groups in total. The fraction of sp³-hybridized carbons (Fsp3) is 0.200. The maximum Gasteiger partial charge on any atom is 0.114 e. The standard InChI is InChI=1S/C5H5N2S/c1-8-5-4-6-2-3-7-5/h3-4H,1H3. The van der Waals surface area contributed by atoms with Crippen molar-refractivity contribution in [3.63, 3.8) is 0 Å². The van der Waals surface area contributed by atoms with E-state index >= 15 is 0 Å². The molecule has 2 nitrogen and oxygen atoms in total. The molecule has 0 unspecified atom stereocenters. The minimum Gasteiger partial charge on any atom is -0.250 e. The van der Waals surface area contributed by atoms with Crippen molar-refractivity contribution >= 4 is 11.8 Å². The van der Waals surface area contributed by atoms with Gasteiger partial charge in [-0.2, -0.15) is 0 Å². The minimum atomic E-state index is 0.934. The highest BCUT2D eigenvalue weighted by Gasteiger charge is 1.83. The summed E-state index contributed by atoms with van der Waals surface area (Å²) in [6.07, 6.45) is 7.80. The van der Waals surface area contributed by atoms with Gasteiger partial charge >= 0.3 is 0 Å². The quantitative estimate of drug-likeness (QED) is 0.524. The number of thioether (sulfide) groups is 1. The molecule has 1 rings (SSSR count). The Morgan fingerprint density at radius 1 is 1.75 bits per heavy atom. The van der Waals surface area contributed by atoms with Gasteiger partial charge in [0.1, 0.15) is 11.2 Å². The van der Waals surface area contributed by atoms with Gasteiger partial charge in [-0.1, -0.05) is 0 Å². The molecular formula is C5H5N2S. The molecule has 0 spiro atoms. The van der Waals surface area contributed by atoms with E-state index in [1.165, 1.54) is 0 Å². The van der Waals surface area contributed by atoms with Crippen LogP contribution in [0.5, 0.6) is 0 Å². The Labute approximate surface area is 52.4 Å². The SMILES string of the molecule is CSc1cn[c]cn1. The molecule has 0 aliphatic rings. The van der Waals surface area contributed by atoms with Gasteiger partial charge < -0.3 is 0 Å². The predicted molar refractivity (Wildman–Crippen MR) is 32.6 cm³/mol. The molecular weight excluding hydrogens is 120 g/mol. The molecule has 0 fully saturated rings. The van der Waals surface area contributed by atoms with Crippen LogP contribution in [0.25, 0.3) is 0 Å². The number of nitrogens with zero attached hydrogens (tertiary/aromatic N) is 2. The van der Waals surface area contributed by atoms with Crippen LogP contribution in [0, 0.1) is 6.20 Å². The highest BCUT2D eigenvalue weighted by atomic mass is 32.2. The van der Waals surface area contributed by atoms with Crippen molar-refractivity contribution in [2.75, 3.05) is 6.26 Å². The molecule has 3 heteroatoms. The van der Waals surface area contributed by atoms with E-state index in [-0.39, 0.29) is 0 Å². The lowest BCUT2D eigenvalue weighted by molar-refractivity contribution is 1.05. The van der Waals surface area contributed by atoms with E-state index < -0.39 is 0 Å². The lowest BCUT2D eigenvalue weighted by Gasteiger charge is -1.87. The summed E-state index contributed by atoms with van der Waals surface area (Å²) in [5, 5.41) is 0.934. The summed E-state index contributed by atoms with van der Waals surface area (Å²) < 4.78 is 0. The zero-order valence-electron chi connectivity index (χ0n) is 4.46. The van der Waals surface area contributed by atoms with Gasteiger partial charge in [-0.3, -0.25) is 4.98 Å². The molecule has 0 saturated carbocycles. The van der Waals surface area contributed by atoms with Crippen LogP contribution in [0.4, 0.5) is 0 Å². The molecule has 0 atom stereocenters. The summed E-state index contributed by atoms with van der Waals surface area (Å²) in [5.74, 6) is 0. The molecule has 0 amide bonds. The molecule has 1 radical (unpaired) electrons. The van der Waals surface area contributed by atoms with E-state index in [1.807, 2.05) is 6.26 Å². The monoisotopic (exact) mass is 125 g/mol. The Kier molecular flexibility index (Phi) is 1.86. The van der Waals surface area contributed by atoms with Gasteiger partial charge in [0.25, 0.3) is 0 Å². The second-order valence-corrected chi connectivity index (χ2v) is 2.01. The van der Waals surface area contributed by atoms with Crippen LogP contribution in [0.2, 0.25) is 0 Å². The normalized spacial score (nSPS) is 9.12. The first-order valence-corrected chi connectivity index (χ1v) is 3.38. The van der Waals surface area contributed by atoms with E-state index in [4.69, 9.17) is 0 Å². The largest absolute Gasteiger partial charge is 0.250 e. The summed E-state index contributed by atoms with van der Waals surface area (Å²) in [6.45, 7) is 0. The molecule has 1 aromatic heterocycles. The third-order valence-electron chi connectivity index (χ3n) is 0.708. The summed E-state index contributed by atoms with van der Waals surface area (Å²) in [7, 11) is 0. The van der Waals surface area contributed by atoms with Crippen LogP contribution >= 0.6 is 11.8 Å². The average Bonchev–Trinajstić information content (AvgIpc) is 1.90. The van der Waals surface area contributed by atoms with Crippen LogP contribution in [0.1, 0.15) is 0 Å². The van der Waals surface area contributed by atoms with Crippen LogP contribution in [0.3, 0.4) is 0 Å². The highest BCUT2D eigenvalue weighted by molar-refractivity contribution is 7.98. The Balaban J connectivity index is 2.83. The highest BCUT2D eigenvalue weighted by Crippen LogP contribution is 2.05. The predicted octanol–water partition coefficient (Wildman–Crippen LogP) is 0.999. The second kappa shape index (κ2) is 2.67. The molecule has 8 heavy (non-hydrogen) atoms. The third-order valence-corrected chi connectivity index (χ3v) is 1.34. The molecule has 0 bridgehead atoms. The molecule has 0 aliphatic heterocycles. The maximum absolute atomic E-state index is 3.94. The molecule has 0 saturated heterocycles. The summed E-state index contributed by atoms with van der Waals surface area (Å²) >= 11 is 1.58. The molecule has 41 valence electrons. The van der Waals surface area contributed by atoms with E-state index in [9.17, 15) is 0 Å². The van der Waals surface area contributed by atoms with Gasteiger partial charge in [-0.25, -0.2) is 4.98 Å². The van der Waals surface area contributed by atoms with Crippen molar-refractivity contribution < 1.29 is 0 Å². The second-order valence-electron chi connectivity index (χ2n) is 1.19. The number of hydrogen-bond donors (Lipinski definition) is 0. The zero-order valence-corrected chi connectivity index (χ0v) is 5.27. The first-order valence-electron chi connectivity index (χ1n) is 2.15. The molecule has 1 aromatic rings. The fourth-order valence-corrected chi connectivity index (χ4v) is 0.673. The van der Waals surface area contributed by atoms with Gasteiger partial charge in [0.2, 0.25) is 0 Å². The van der Waals surface area contributed by atoms with Gasteiger partial charge in [0.15, 0.2) is 0 Å². The Morgan fingerprint density at radius 2 is 2.62 bits per heavy atom. The van der Waals surface area contributed by atoms with Crippen LogP contribution in [0.15, 0.2) is 17.4 Å². The smallest absolute Gasteiger partial charge is 0.114 e. The minimum absolute atomic E-state index is 0.934. The Bertz CT molecular complexity index is 152. The van der Waals surface area contributed by atoms with E-state index in [0.29, 0.717) is 0 Å². The fourth-order valence-electron chi connectivity index (χ4n) is 0.357. The Hall–Kier alpha value is -0.570. The van der Waals surface area contributed by atoms with Crippen LogP contribution < -0.4 is 0 Å². The van der Waals surface area contributed by atoms with Crippen molar-refractivity contribution in [3.8, 4) is 0 Å². The van der Waals surface area contributed by atoms with Gasteiger partial charge in [0.05, 0.1) is 12.4 Å². The molecule has 1 heterocycles. The van der Waals surface area contributed by atoms with E-state index in [1.54, 1.807) is 24.2 Å². The summed E-state index contributed by atoms with van der Waals surface area (Å²) in [6, 6.07) is 0. The molecule has 0 aromatic carbocycles. The summed E-state index contributed by atoms with van der Waals surface area (Å²) in [5.41, 5.74) is 0. The van der Waals surface area contributed by atoms with Crippen LogP contribution in [-0.2, 0) is 0 Å². The van der Waals surface area contributed by atoms with Gasteiger partial charge in [0, 0.05) is 0 Å². The average molecular weight is 125 g/mol. The lowest BCUT2D eigenvalue weighted by atomic mass is 10.8. The topological polar surface area (TPSA) is 25.8 Å². The van der Waals surface area contributed by atoms with Crippen molar-refractivity contribution in [2.45, 2.75) is 5.03 Å². The van der Waals surface area contributed by atoms with E-state index in [2.05, 4.69) is 16.2 Å². The van der Waals surface area contributed by atoms with Crippen molar-refractivity contribution in [2.24, 2.45) is 0 Å². The lowest BCUT2D eigenvalue weighted by Crippen LogP contribution is -1.77. The van der Waals surface area contributed by atoms with Crippen molar-refractivity contribution in [3.05, 3.63) is 18.6 Å². The summed E-state index contributed by atoms with van der Waals surface area (Å²) in [4.78, 5) is 7.69. The van der Waals surface area contributed by atoms with Gasteiger partial charge in [-0.05, 0) is 6.26 Å². The number of hydrogen-bond acceptors (Lipinski definition) is 3. The zero-order chi connectivity index (χ0) is 5.82. The number of aromatic nitrogens is 2. The van der Waals surface area contributed by atoms with Crippen molar-refractivity contribution in [1.82, 2.24) is 9.97 Å².